The third kappa shape index (κ3) is 1.22. The Morgan fingerprint density at radius 2 is 2.47 bits per heavy atom. The van der Waals surface area contributed by atoms with Crippen LogP contribution in [0.5, 0.6) is 5.75 Å². The predicted molar refractivity (Wildman–Crippen MR) is 53.0 cm³/mol. The van der Waals surface area contributed by atoms with Gasteiger partial charge in [-0.1, -0.05) is 0 Å². The molecule has 1 aromatic rings. The van der Waals surface area contributed by atoms with Crippen molar-refractivity contribution < 1.29 is 9.60 Å². The van der Waals surface area contributed by atoms with E-state index in [0.717, 1.165) is 17.7 Å². The minimum atomic E-state index is -0.686. The summed E-state index contributed by atoms with van der Waals surface area (Å²) >= 11 is 0. The fourth-order valence-corrected chi connectivity index (χ4v) is 1.85. The van der Waals surface area contributed by atoms with Crippen molar-refractivity contribution in [2.75, 3.05) is 11.9 Å². The van der Waals surface area contributed by atoms with E-state index in [1.807, 2.05) is 0 Å². The van der Waals surface area contributed by atoms with Crippen molar-refractivity contribution in [1.29, 1.82) is 0 Å². The van der Waals surface area contributed by atoms with E-state index in [1.165, 1.54) is 0 Å². The maximum atomic E-state index is 11.5. The summed E-state index contributed by atoms with van der Waals surface area (Å²) in [5.41, 5.74) is 7.74. The van der Waals surface area contributed by atoms with Gasteiger partial charge in [0.05, 0.1) is 6.61 Å². The second kappa shape index (κ2) is 2.83. The summed E-state index contributed by atoms with van der Waals surface area (Å²) < 4.78 is 5.40. The first-order valence-electron chi connectivity index (χ1n) is 4.74. The SMILES string of the molecule is NC1N=[N+]([O-])c2cc3c(cc2N1)OCC3. The van der Waals surface area contributed by atoms with E-state index in [2.05, 4.69) is 10.4 Å². The molecule has 0 aromatic heterocycles. The van der Waals surface area contributed by atoms with Crippen LogP contribution in [0.25, 0.3) is 0 Å². The topological polar surface area (TPSA) is 85.7 Å². The predicted octanol–water partition coefficient (Wildman–Crippen LogP) is 0.883. The number of nitrogens with one attached hydrogen (secondary N) is 1. The van der Waals surface area contributed by atoms with E-state index in [0.29, 0.717) is 22.8 Å². The van der Waals surface area contributed by atoms with Crippen molar-refractivity contribution in [3.63, 3.8) is 0 Å². The third-order valence-electron chi connectivity index (χ3n) is 2.55. The summed E-state index contributed by atoms with van der Waals surface area (Å²) in [6, 6.07) is 3.60. The number of benzene rings is 1. The molecule has 1 unspecified atom stereocenters. The highest BCUT2D eigenvalue weighted by Crippen LogP contribution is 2.37. The second-order valence-electron chi connectivity index (χ2n) is 3.55. The third-order valence-corrected chi connectivity index (χ3v) is 2.55. The minimum absolute atomic E-state index is 0.501. The van der Waals surface area contributed by atoms with Crippen molar-refractivity contribution in [3.05, 3.63) is 22.9 Å². The lowest BCUT2D eigenvalue weighted by atomic mass is 10.1. The molecule has 6 nitrogen and oxygen atoms in total. The number of nitrogens with zero attached hydrogens (tertiary/aromatic N) is 2. The van der Waals surface area contributed by atoms with Crippen molar-refractivity contribution >= 4 is 11.4 Å². The van der Waals surface area contributed by atoms with E-state index in [1.54, 1.807) is 12.1 Å². The number of anilines is 1. The average Bonchev–Trinajstić information content (AvgIpc) is 2.61. The number of hydrogen-bond acceptors (Lipinski definition) is 5. The van der Waals surface area contributed by atoms with E-state index in [-0.39, 0.29) is 0 Å². The van der Waals surface area contributed by atoms with E-state index >= 15 is 0 Å². The smallest absolute Gasteiger partial charge is 0.268 e. The lowest BCUT2D eigenvalue weighted by Crippen LogP contribution is -2.31. The standard InChI is InChI=1S/C9H10N4O2/c10-9-11-6-4-8-5(1-2-15-8)3-7(6)13(14)12-9/h3-4,9,11H,1-2,10H2. The zero-order valence-electron chi connectivity index (χ0n) is 7.93. The summed E-state index contributed by atoms with van der Waals surface area (Å²) in [4.78, 5) is 0.565. The molecule has 3 rings (SSSR count). The molecule has 1 atom stereocenters. The summed E-state index contributed by atoms with van der Waals surface area (Å²) in [6.07, 6.45) is 0.150. The molecular formula is C9H10N4O2. The lowest BCUT2D eigenvalue weighted by Gasteiger charge is -2.17. The van der Waals surface area contributed by atoms with E-state index < -0.39 is 6.29 Å². The van der Waals surface area contributed by atoms with Crippen LogP contribution in [0.1, 0.15) is 5.56 Å². The molecule has 2 aliphatic rings. The van der Waals surface area contributed by atoms with Crippen molar-refractivity contribution in [3.8, 4) is 5.75 Å². The van der Waals surface area contributed by atoms with Crippen molar-refractivity contribution in [2.45, 2.75) is 12.7 Å². The first-order valence-corrected chi connectivity index (χ1v) is 4.74. The lowest BCUT2D eigenvalue weighted by molar-refractivity contribution is -0.447. The van der Waals surface area contributed by atoms with Crippen LogP contribution in [-0.2, 0) is 6.42 Å². The van der Waals surface area contributed by atoms with Gasteiger partial charge in [-0.15, -0.1) is 0 Å². The Labute approximate surface area is 85.9 Å². The Hall–Kier alpha value is -1.82. The quantitative estimate of drug-likeness (QED) is 0.487. The molecule has 6 heteroatoms. The highest BCUT2D eigenvalue weighted by molar-refractivity contribution is 5.67. The molecule has 78 valence electrons. The van der Waals surface area contributed by atoms with Gasteiger partial charge >= 0.3 is 0 Å². The number of nitrogens with two attached hydrogens (primary N) is 1. The Kier molecular flexibility index (Phi) is 1.60. The Morgan fingerprint density at radius 1 is 1.60 bits per heavy atom. The molecule has 2 heterocycles. The van der Waals surface area contributed by atoms with Gasteiger partial charge in [0.2, 0.25) is 6.29 Å². The number of hydrogen-bond donors (Lipinski definition) is 2. The van der Waals surface area contributed by atoms with Crippen LogP contribution in [0.15, 0.2) is 17.2 Å². The van der Waals surface area contributed by atoms with Crippen LogP contribution in [0, 0.1) is 5.21 Å². The number of azo groups is 1. The summed E-state index contributed by atoms with van der Waals surface area (Å²) in [5, 5.41) is 18.0. The number of rotatable bonds is 0. The maximum absolute atomic E-state index is 11.5. The van der Waals surface area contributed by atoms with Gasteiger partial charge in [0, 0.05) is 29.2 Å². The summed E-state index contributed by atoms with van der Waals surface area (Å²) in [6.45, 7) is 0.667. The molecule has 0 saturated heterocycles. The monoisotopic (exact) mass is 206 g/mol. The summed E-state index contributed by atoms with van der Waals surface area (Å²) in [5.74, 6) is 0.823. The van der Waals surface area contributed by atoms with Crippen LogP contribution in [0.3, 0.4) is 0 Å². The zero-order valence-corrected chi connectivity index (χ0v) is 7.93. The second-order valence-corrected chi connectivity index (χ2v) is 3.55. The fourth-order valence-electron chi connectivity index (χ4n) is 1.85. The molecule has 3 N–H and O–H groups in total. The normalized spacial score (nSPS) is 22.2. The van der Waals surface area contributed by atoms with Crippen LogP contribution >= 0.6 is 0 Å². The van der Waals surface area contributed by atoms with E-state index in [4.69, 9.17) is 10.5 Å². The van der Waals surface area contributed by atoms with Gasteiger partial charge in [-0.25, -0.2) is 0 Å². The molecule has 15 heavy (non-hydrogen) atoms. The average molecular weight is 206 g/mol. The molecule has 0 fully saturated rings. The molecule has 2 aliphatic heterocycles. The molecule has 0 saturated carbocycles. The molecule has 0 spiro atoms. The summed E-state index contributed by atoms with van der Waals surface area (Å²) in [7, 11) is 0. The van der Waals surface area contributed by atoms with Gasteiger partial charge in [-0.3, -0.25) is 5.73 Å². The van der Waals surface area contributed by atoms with Crippen LogP contribution in [-0.4, -0.2) is 17.8 Å². The molecule has 0 bridgehead atoms. The van der Waals surface area contributed by atoms with Gasteiger partial charge < -0.3 is 15.3 Å². The van der Waals surface area contributed by atoms with Gasteiger partial charge in [0.1, 0.15) is 11.4 Å². The first-order chi connectivity index (χ1) is 7.24. The number of fused-ring (bicyclic) bond motifs is 2. The molecule has 1 aromatic carbocycles. The van der Waals surface area contributed by atoms with Gasteiger partial charge in [-0.05, 0) is 4.86 Å². The van der Waals surface area contributed by atoms with Gasteiger partial charge in [0.15, 0.2) is 0 Å². The van der Waals surface area contributed by atoms with E-state index in [9.17, 15) is 5.21 Å². The largest absolute Gasteiger partial charge is 0.594 e. The van der Waals surface area contributed by atoms with Crippen LogP contribution < -0.4 is 15.8 Å². The Balaban J connectivity index is 2.16. The highest BCUT2D eigenvalue weighted by atomic mass is 16.5. The molecule has 0 radical (unpaired) electrons. The highest BCUT2D eigenvalue weighted by Gasteiger charge is 2.25. The minimum Gasteiger partial charge on any atom is -0.594 e. The fraction of sp³-hybridized carbons (Fsp3) is 0.333. The number of ether oxygens (including phenoxy) is 1. The van der Waals surface area contributed by atoms with Crippen molar-refractivity contribution in [1.82, 2.24) is 0 Å². The van der Waals surface area contributed by atoms with Crippen LogP contribution in [0.2, 0.25) is 0 Å². The Bertz CT molecular complexity index is 458. The molecular weight excluding hydrogens is 196 g/mol. The Morgan fingerprint density at radius 3 is 3.33 bits per heavy atom. The maximum Gasteiger partial charge on any atom is 0.268 e. The van der Waals surface area contributed by atoms with Gasteiger partial charge in [-0.2, -0.15) is 0 Å². The molecule has 0 amide bonds. The van der Waals surface area contributed by atoms with Crippen LogP contribution in [0.4, 0.5) is 11.4 Å². The van der Waals surface area contributed by atoms with Gasteiger partial charge in [0.25, 0.3) is 5.69 Å². The first kappa shape index (κ1) is 8.49. The zero-order chi connectivity index (χ0) is 10.4. The van der Waals surface area contributed by atoms with Crippen molar-refractivity contribution in [2.24, 2.45) is 10.8 Å². The molecule has 0 aliphatic carbocycles.